The van der Waals surface area contributed by atoms with Crippen molar-refractivity contribution in [1.29, 1.82) is 0 Å². The SMILES string of the molecule is COc1ccc(N2C(=O)C(=Cc3ccc(OC)c(OC)c3OC)SC2=S)cc1Cl. The number of carbonyl (C=O) groups is 1. The van der Waals surface area contributed by atoms with Crippen molar-refractivity contribution >= 4 is 57.6 Å². The third-order valence-corrected chi connectivity index (χ3v) is 5.81. The largest absolute Gasteiger partial charge is 0.495 e. The molecule has 0 unspecified atom stereocenters. The quantitative estimate of drug-likeness (QED) is 0.462. The second-order valence-corrected chi connectivity index (χ2v) is 7.84. The van der Waals surface area contributed by atoms with Crippen molar-refractivity contribution in [2.45, 2.75) is 0 Å². The molecular formula is C20H18ClNO5S2. The van der Waals surface area contributed by atoms with Crippen LogP contribution in [-0.4, -0.2) is 38.7 Å². The van der Waals surface area contributed by atoms with Gasteiger partial charge in [0.1, 0.15) is 5.75 Å². The van der Waals surface area contributed by atoms with Crippen molar-refractivity contribution < 1.29 is 23.7 Å². The summed E-state index contributed by atoms with van der Waals surface area (Å²) in [4.78, 5) is 14.9. The zero-order valence-corrected chi connectivity index (χ0v) is 18.5. The highest BCUT2D eigenvalue weighted by molar-refractivity contribution is 8.27. The number of hydrogen-bond acceptors (Lipinski definition) is 7. The number of rotatable bonds is 6. The van der Waals surface area contributed by atoms with E-state index in [1.807, 2.05) is 0 Å². The molecule has 1 fully saturated rings. The minimum absolute atomic E-state index is 0.252. The number of benzene rings is 2. The molecule has 1 aliphatic heterocycles. The van der Waals surface area contributed by atoms with Crippen LogP contribution in [0.25, 0.3) is 6.08 Å². The number of thioether (sulfide) groups is 1. The number of thiocarbonyl (C=S) groups is 1. The molecule has 29 heavy (non-hydrogen) atoms. The Hall–Kier alpha value is -2.42. The number of halogens is 1. The topological polar surface area (TPSA) is 57.2 Å². The van der Waals surface area contributed by atoms with E-state index in [1.165, 1.54) is 38.0 Å². The maximum absolute atomic E-state index is 13.0. The molecule has 1 aliphatic rings. The first-order chi connectivity index (χ1) is 13.9. The molecule has 0 saturated carbocycles. The van der Waals surface area contributed by atoms with Crippen LogP contribution in [0.3, 0.4) is 0 Å². The number of carbonyl (C=O) groups excluding carboxylic acids is 1. The van der Waals surface area contributed by atoms with Gasteiger partial charge < -0.3 is 18.9 Å². The van der Waals surface area contributed by atoms with E-state index in [9.17, 15) is 4.79 Å². The van der Waals surface area contributed by atoms with Crippen molar-refractivity contribution in [2.75, 3.05) is 33.3 Å². The van der Waals surface area contributed by atoms with Crippen molar-refractivity contribution in [3.05, 3.63) is 45.8 Å². The van der Waals surface area contributed by atoms with E-state index in [-0.39, 0.29) is 5.91 Å². The maximum Gasteiger partial charge on any atom is 0.270 e. The summed E-state index contributed by atoms with van der Waals surface area (Å²) < 4.78 is 21.8. The summed E-state index contributed by atoms with van der Waals surface area (Å²) in [6.45, 7) is 0. The Labute approximate surface area is 183 Å². The molecule has 0 N–H and O–H groups in total. The van der Waals surface area contributed by atoms with Crippen molar-refractivity contribution in [2.24, 2.45) is 0 Å². The fourth-order valence-electron chi connectivity index (χ4n) is 2.86. The molecule has 2 aromatic rings. The first kappa shape index (κ1) is 21.3. The minimum atomic E-state index is -0.252. The molecule has 0 spiro atoms. The predicted molar refractivity (Wildman–Crippen MR) is 120 cm³/mol. The van der Waals surface area contributed by atoms with Crippen molar-refractivity contribution in [3.8, 4) is 23.0 Å². The average molecular weight is 452 g/mol. The van der Waals surface area contributed by atoms with Crippen molar-refractivity contribution in [3.63, 3.8) is 0 Å². The van der Waals surface area contributed by atoms with Gasteiger partial charge in [-0.2, -0.15) is 0 Å². The van der Waals surface area contributed by atoms with Gasteiger partial charge >= 0.3 is 0 Å². The number of amides is 1. The molecule has 0 radical (unpaired) electrons. The molecule has 0 aliphatic carbocycles. The van der Waals surface area contributed by atoms with Crippen LogP contribution in [0.1, 0.15) is 5.56 Å². The number of anilines is 1. The van der Waals surface area contributed by atoms with Gasteiger partial charge in [0.25, 0.3) is 5.91 Å². The van der Waals surface area contributed by atoms with E-state index in [2.05, 4.69) is 0 Å². The Balaban J connectivity index is 2.00. The van der Waals surface area contributed by atoms with E-state index in [0.717, 1.165) is 0 Å². The average Bonchev–Trinajstić information content (AvgIpc) is 3.00. The molecule has 0 bridgehead atoms. The van der Waals surface area contributed by atoms with Crippen LogP contribution in [0.2, 0.25) is 5.02 Å². The van der Waals surface area contributed by atoms with Crippen LogP contribution in [-0.2, 0) is 4.79 Å². The molecule has 9 heteroatoms. The Kier molecular flexibility index (Phi) is 6.56. The molecule has 1 amide bonds. The lowest BCUT2D eigenvalue weighted by molar-refractivity contribution is -0.113. The van der Waals surface area contributed by atoms with Crippen molar-refractivity contribution in [1.82, 2.24) is 0 Å². The molecule has 1 saturated heterocycles. The van der Waals surface area contributed by atoms with E-state index in [1.54, 1.807) is 43.5 Å². The Morgan fingerprint density at radius 1 is 0.966 bits per heavy atom. The second kappa shape index (κ2) is 8.94. The molecule has 6 nitrogen and oxygen atoms in total. The summed E-state index contributed by atoms with van der Waals surface area (Å²) in [6.07, 6.45) is 1.71. The van der Waals surface area contributed by atoms with Gasteiger partial charge in [0.15, 0.2) is 15.8 Å². The van der Waals surface area contributed by atoms with Gasteiger partial charge in [-0.1, -0.05) is 35.6 Å². The summed E-state index contributed by atoms with van der Waals surface area (Å²) in [5.74, 6) is 1.71. The van der Waals surface area contributed by atoms with Crippen LogP contribution in [0.4, 0.5) is 5.69 Å². The second-order valence-electron chi connectivity index (χ2n) is 5.76. The predicted octanol–water partition coefficient (Wildman–Crippen LogP) is 4.78. The zero-order chi connectivity index (χ0) is 21.1. The molecular weight excluding hydrogens is 434 g/mol. The zero-order valence-electron chi connectivity index (χ0n) is 16.1. The Bertz CT molecular complexity index is 1010. The smallest absolute Gasteiger partial charge is 0.270 e. The van der Waals surface area contributed by atoms with E-state index >= 15 is 0 Å². The van der Waals surface area contributed by atoms with Crippen LogP contribution in [0, 0.1) is 0 Å². The van der Waals surface area contributed by atoms with E-state index < -0.39 is 0 Å². The Morgan fingerprint density at radius 3 is 2.21 bits per heavy atom. The maximum atomic E-state index is 13.0. The van der Waals surface area contributed by atoms with Crippen LogP contribution >= 0.6 is 35.6 Å². The van der Waals surface area contributed by atoms with Gasteiger partial charge in [-0.25, -0.2) is 0 Å². The first-order valence-corrected chi connectivity index (χ1v) is 9.95. The third kappa shape index (κ3) is 4.01. The van der Waals surface area contributed by atoms with Gasteiger partial charge in [-0.3, -0.25) is 9.69 Å². The fraction of sp³-hybridized carbons (Fsp3) is 0.200. The molecule has 2 aromatic carbocycles. The van der Waals surface area contributed by atoms with Crippen LogP contribution < -0.4 is 23.8 Å². The summed E-state index contributed by atoms with van der Waals surface area (Å²) in [5.41, 5.74) is 1.24. The summed E-state index contributed by atoms with van der Waals surface area (Å²) >= 11 is 12.8. The first-order valence-electron chi connectivity index (χ1n) is 8.35. The highest BCUT2D eigenvalue weighted by Crippen LogP contribution is 2.43. The van der Waals surface area contributed by atoms with E-state index in [0.29, 0.717) is 48.5 Å². The van der Waals surface area contributed by atoms with E-state index in [4.69, 9.17) is 42.8 Å². The molecule has 0 atom stereocenters. The standard InChI is InChI=1S/C20H18ClNO5S2/c1-24-14-8-6-12(10-13(14)21)22-19(23)16(29-20(22)28)9-11-5-7-15(25-2)18(27-4)17(11)26-3/h5-10H,1-4H3. The molecule has 152 valence electrons. The summed E-state index contributed by atoms with van der Waals surface area (Å²) in [6, 6.07) is 8.60. The highest BCUT2D eigenvalue weighted by atomic mass is 35.5. The monoisotopic (exact) mass is 451 g/mol. The molecule has 3 rings (SSSR count). The summed E-state index contributed by atoms with van der Waals surface area (Å²) in [5, 5.41) is 0.393. The normalized spacial score (nSPS) is 15.1. The molecule has 0 aromatic heterocycles. The number of ether oxygens (including phenoxy) is 4. The van der Waals surface area contributed by atoms with Gasteiger partial charge in [-0.15, -0.1) is 0 Å². The van der Waals surface area contributed by atoms with Gasteiger partial charge in [0.05, 0.1) is 44.1 Å². The lowest BCUT2D eigenvalue weighted by atomic mass is 10.1. The lowest BCUT2D eigenvalue weighted by Gasteiger charge is -2.16. The number of methoxy groups -OCH3 is 4. The fourth-order valence-corrected chi connectivity index (χ4v) is 4.41. The lowest BCUT2D eigenvalue weighted by Crippen LogP contribution is -2.27. The highest BCUT2D eigenvalue weighted by Gasteiger charge is 2.34. The van der Waals surface area contributed by atoms with Crippen LogP contribution in [0.15, 0.2) is 35.2 Å². The number of hydrogen-bond donors (Lipinski definition) is 0. The minimum Gasteiger partial charge on any atom is -0.495 e. The third-order valence-electron chi connectivity index (χ3n) is 4.21. The van der Waals surface area contributed by atoms with Gasteiger partial charge in [-0.05, 0) is 36.4 Å². The molecule has 1 heterocycles. The van der Waals surface area contributed by atoms with Crippen LogP contribution in [0.5, 0.6) is 23.0 Å². The number of nitrogens with zero attached hydrogens (tertiary/aromatic N) is 1. The van der Waals surface area contributed by atoms with Gasteiger partial charge in [0, 0.05) is 5.56 Å². The van der Waals surface area contributed by atoms with Gasteiger partial charge in [0.2, 0.25) is 5.75 Å². The Morgan fingerprint density at radius 2 is 1.62 bits per heavy atom. The summed E-state index contributed by atoms with van der Waals surface area (Å²) in [7, 11) is 6.12.